The van der Waals surface area contributed by atoms with Gasteiger partial charge in [0.25, 0.3) is 0 Å². The minimum absolute atomic E-state index is 0.873. The third kappa shape index (κ3) is 2.09. The molecule has 0 atom stereocenters. The molecule has 2 aromatic rings. The van der Waals surface area contributed by atoms with Crippen LogP contribution in [0.15, 0.2) is 33.2 Å². The number of halogens is 2. The Morgan fingerprint density at radius 2 is 1.81 bits per heavy atom. The fourth-order valence-corrected chi connectivity index (χ4v) is 2.45. The Labute approximate surface area is 112 Å². The van der Waals surface area contributed by atoms with Crippen molar-refractivity contribution in [2.24, 2.45) is 0 Å². The van der Waals surface area contributed by atoms with E-state index in [0.717, 1.165) is 26.9 Å². The maximum absolute atomic E-state index is 4.49. The Morgan fingerprint density at radius 1 is 1.19 bits per heavy atom. The van der Waals surface area contributed by atoms with Gasteiger partial charge in [0.2, 0.25) is 0 Å². The molecule has 2 nitrogen and oxygen atoms in total. The first-order chi connectivity index (χ1) is 7.63. The van der Waals surface area contributed by atoms with Crippen molar-refractivity contribution in [3.63, 3.8) is 0 Å². The maximum atomic E-state index is 4.49. The van der Waals surface area contributed by atoms with E-state index in [9.17, 15) is 0 Å². The Bertz CT molecular complexity index is 500. The van der Waals surface area contributed by atoms with Gasteiger partial charge in [0.15, 0.2) is 0 Å². The van der Waals surface area contributed by atoms with E-state index in [0.29, 0.717) is 0 Å². The zero-order valence-electron chi connectivity index (χ0n) is 9.17. The van der Waals surface area contributed by atoms with Crippen molar-refractivity contribution in [3.8, 4) is 11.3 Å². The quantitative estimate of drug-likeness (QED) is 0.790. The first kappa shape index (κ1) is 11.9. The lowest BCUT2D eigenvalue weighted by molar-refractivity contribution is 0.660. The zero-order valence-corrected chi connectivity index (χ0v) is 12.3. The van der Waals surface area contributed by atoms with Crippen LogP contribution in [0.25, 0.3) is 11.3 Å². The van der Waals surface area contributed by atoms with E-state index < -0.39 is 0 Å². The molecular formula is C12H12Br2N2. The highest BCUT2D eigenvalue weighted by Crippen LogP contribution is 2.31. The summed E-state index contributed by atoms with van der Waals surface area (Å²) in [5, 5.41) is 4.49. The minimum Gasteiger partial charge on any atom is -0.264 e. The molecule has 0 aliphatic carbocycles. The van der Waals surface area contributed by atoms with E-state index in [2.05, 4.69) is 56.0 Å². The molecule has 1 aromatic carbocycles. The average Bonchev–Trinajstić information content (AvgIpc) is 2.57. The fraction of sp³-hybridized carbons (Fsp3) is 0.250. The zero-order chi connectivity index (χ0) is 11.7. The lowest BCUT2D eigenvalue weighted by Gasteiger charge is -2.05. The van der Waals surface area contributed by atoms with Crippen LogP contribution in [-0.2, 0) is 6.54 Å². The van der Waals surface area contributed by atoms with Crippen LogP contribution in [0.1, 0.15) is 12.6 Å². The summed E-state index contributed by atoms with van der Waals surface area (Å²) in [6, 6.07) is 8.28. The fourth-order valence-electron chi connectivity index (χ4n) is 1.67. The monoisotopic (exact) mass is 342 g/mol. The van der Waals surface area contributed by atoms with Gasteiger partial charge in [0.05, 0.1) is 15.9 Å². The van der Waals surface area contributed by atoms with Gasteiger partial charge >= 0.3 is 0 Å². The summed E-state index contributed by atoms with van der Waals surface area (Å²) in [6.07, 6.45) is 0. The summed E-state index contributed by atoms with van der Waals surface area (Å²) in [4.78, 5) is 0. The molecule has 0 saturated carbocycles. The molecule has 0 radical (unpaired) electrons. The maximum Gasteiger partial charge on any atom is 0.0827 e. The molecular weight excluding hydrogens is 332 g/mol. The van der Waals surface area contributed by atoms with Gasteiger partial charge in [-0.3, -0.25) is 4.68 Å². The minimum atomic E-state index is 0.873. The summed E-state index contributed by atoms with van der Waals surface area (Å²) in [6.45, 7) is 4.98. The lowest BCUT2D eigenvalue weighted by atomic mass is 10.1. The molecule has 0 aliphatic heterocycles. The van der Waals surface area contributed by atoms with Gasteiger partial charge in [0.1, 0.15) is 0 Å². The molecule has 0 spiro atoms. The van der Waals surface area contributed by atoms with E-state index in [1.165, 1.54) is 5.56 Å². The van der Waals surface area contributed by atoms with Crippen LogP contribution in [0.5, 0.6) is 0 Å². The molecule has 0 aliphatic rings. The molecule has 1 aromatic heterocycles. The number of nitrogens with zero attached hydrogens (tertiary/aromatic N) is 2. The molecule has 1 heterocycles. The summed E-state index contributed by atoms with van der Waals surface area (Å²) in [5.74, 6) is 0. The van der Waals surface area contributed by atoms with Crippen molar-refractivity contribution in [3.05, 3.63) is 38.9 Å². The van der Waals surface area contributed by atoms with Crippen LogP contribution in [0.2, 0.25) is 0 Å². The van der Waals surface area contributed by atoms with Gasteiger partial charge < -0.3 is 0 Å². The van der Waals surface area contributed by atoms with Crippen molar-refractivity contribution in [2.75, 3.05) is 0 Å². The second kappa shape index (κ2) is 4.72. The third-order valence-electron chi connectivity index (χ3n) is 2.47. The van der Waals surface area contributed by atoms with Crippen molar-refractivity contribution in [1.29, 1.82) is 0 Å². The van der Waals surface area contributed by atoms with Crippen molar-refractivity contribution >= 4 is 31.9 Å². The Hall–Kier alpha value is -0.610. The van der Waals surface area contributed by atoms with E-state index in [-0.39, 0.29) is 0 Å². The van der Waals surface area contributed by atoms with E-state index in [1.54, 1.807) is 0 Å². The first-order valence-corrected chi connectivity index (χ1v) is 6.71. The van der Waals surface area contributed by atoms with Crippen LogP contribution in [0, 0.1) is 6.92 Å². The van der Waals surface area contributed by atoms with E-state index >= 15 is 0 Å². The topological polar surface area (TPSA) is 17.8 Å². The summed E-state index contributed by atoms with van der Waals surface area (Å²) < 4.78 is 4.19. The number of aryl methyl sites for hydroxylation is 2. The summed E-state index contributed by atoms with van der Waals surface area (Å²) in [5.41, 5.74) is 3.35. The third-order valence-corrected chi connectivity index (χ3v) is 3.95. The van der Waals surface area contributed by atoms with Crippen LogP contribution < -0.4 is 0 Å². The Balaban J connectivity index is 2.58. The average molecular weight is 344 g/mol. The molecule has 4 heteroatoms. The molecule has 2 rings (SSSR count). The van der Waals surface area contributed by atoms with Gasteiger partial charge in [0, 0.05) is 16.6 Å². The van der Waals surface area contributed by atoms with Gasteiger partial charge in [-0.2, -0.15) is 5.10 Å². The van der Waals surface area contributed by atoms with Crippen LogP contribution in [0.4, 0.5) is 0 Å². The SMILES string of the molecule is CCn1nc(C)c(Br)c1-c1ccc(Br)cc1. The molecule has 0 unspecified atom stereocenters. The molecule has 16 heavy (non-hydrogen) atoms. The molecule has 0 N–H and O–H groups in total. The molecule has 0 bridgehead atoms. The highest BCUT2D eigenvalue weighted by Gasteiger charge is 2.13. The van der Waals surface area contributed by atoms with Crippen molar-refractivity contribution in [1.82, 2.24) is 9.78 Å². The second-order valence-corrected chi connectivity index (χ2v) is 5.28. The standard InChI is InChI=1S/C12H12Br2N2/c1-3-16-12(11(14)8(2)15-16)9-4-6-10(13)7-5-9/h4-7H,3H2,1-2H3. The van der Waals surface area contributed by atoms with Crippen molar-refractivity contribution < 1.29 is 0 Å². The second-order valence-electron chi connectivity index (χ2n) is 3.57. The Kier molecular flexibility index (Phi) is 3.50. The predicted octanol–water partition coefficient (Wildman–Crippen LogP) is 4.40. The highest BCUT2D eigenvalue weighted by molar-refractivity contribution is 9.10. The number of aromatic nitrogens is 2. The highest BCUT2D eigenvalue weighted by atomic mass is 79.9. The predicted molar refractivity (Wildman–Crippen MR) is 73.5 cm³/mol. The lowest BCUT2D eigenvalue weighted by Crippen LogP contribution is -1.99. The number of hydrogen-bond donors (Lipinski definition) is 0. The van der Waals surface area contributed by atoms with Gasteiger partial charge in [-0.15, -0.1) is 0 Å². The normalized spacial score (nSPS) is 10.8. The molecule has 0 saturated heterocycles. The smallest absolute Gasteiger partial charge is 0.0827 e. The van der Waals surface area contributed by atoms with Crippen LogP contribution in [-0.4, -0.2) is 9.78 Å². The van der Waals surface area contributed by atoms with Crippen molar-refractivity contribution in [2.45, 2.75) is 20.4 Å². The number of benzene rings is 1. The van der Waals surface area contributed by atoms with Crippen LogP contribution >= 0.6 is 31.9 Å². The largest absolute Gasteiger partial charge is 0.264 e. The van der Waals surface area contributed by atoms with E-state index in [1.807, 2.05) is 23.7 Å². The first-order valence-electron chi connectivity index (χ1n) is 5.12. The van der Waals surface area contributed by atoms with Gasteiger partial charge in [-0.05, 0) is 41.9 Å². The van der Waals surface area contributed by atoms with E-state index in [4.69, 9.17) is 0 Å². The van der Waals surface area contributed by atoms with Crippen LogP contribution in [0.3, 0.4) is 0 Å². The molecule has 0 fully saturated rings. The summed E-state index contributed by atoms with van der Waals surface area (Å²) >= 11 is 7.05. The van der Waals surface area contributed by atoms with Gasteiger partial charge in [-0.1, -0.05) is 28.1 Å². The number of rotatable bonds is 2. The molecule has 0 amide bonds. The van der Waals surface area contributed by atoms with Gasteiger partial charge in [-0.25, -0.2) is 0 Å². The molecule has 84 valence electrons. The Morgan fingerprint density at radius 3 is 2.38 bits per heavy atom. The summed E-state index contributed by atoms with van der Waals surface area (Å²) in [7, 11) is 0. The number of hydrogen-bond acceptors (Lipinski definition) is 1.